The molecule has 1 aromatic carbocycles. The summed E-state index contributed by atoms with van der Waals surface area (Å²) in [6.45, 7) is 1.38. The Balaban J connectivity index is 2.00. The fraction of sp³-hybridized carbons (Fsp3) is 0.188. The molecule has 3 N–H and O–H groups in total. The van der Waals surface area contributed by atoms with E-state index in [2.05, 4.69) is 36.3 Å². The summed E-state index contributed by atoms with van der Waals surface area (Å²) < 4.78 is 20.9. The van der Waals surface area contributed by atoms with Gasteiger partial charge in [0.15, 0.2) is 0 Å². The van der Waals surface area contributed by atoms with Gasteiger partial charge in [0, 0.05) is 18.3 Å². The molecule has 0 saturated heterocycles. The molecular formula is C16H14BrFN6O. The molecular weight excluding hydrogens is 391 g/mol. The van der Waals surface area contributed by atoms with Crippen molar-refractivity contribution in [2.75, 3.05) is 23.5 Å². The maximum absolute atomic E-state index is 14.6. The van der Waals surface area contributed by atoms with Gasteiger partial charge >= 0.3 is 0 Å². The van der Waals surface area contributed by atoms with Gasteiger partial charge in [0.2, 0.25) is 5.95 Å². The van der Waals surface area contributed by atoms with Crippen LogP contribution in [0.1, 0.15) is 5.56 Å². The Labute approximate surface area is 151 Å². The largest absolute Gasteiger partial charge is 0.375 e. The Bertz CT molecular complexity index is 953. The molecule has 7 nitrogen and oxygen atoms in total. The van der Waals surface area contributed by atoms with Crippen LogP contribution in [0.25, 0.3) is 10.9 Å². The third-order valence-corrected chi connectivity index (χ3v) is 4.70. The summed E-state index contributed by atoms with van der Waals surface area (Å²) in [4.78, 5) is 14.8. The summed E-state index contributed by atoms with van der Waals surface area (Å²) in [7, 11) is 0. The van der Waals surface area contributed by atoms with Gasteiger partial charge in [-0.2, -0.15) is 4.98 Å². The van der Waals surface area contributed by atoms with Gasteiger partial charge in [-0.1, -0.05) is 6.07 Å². The van der Waals surface area contributed by atoms with Gasteiger partial charge in [0.05, 0.1) is 29.8 Å². The Morgan fingerprint density at radius 2 is 2.16 bits per heavy atom. The van der Waals surface area contributed by atoms with Crippen LogP contribution in [0, 0.1) is 5.82 Å². The zero-order valence-corrected chi connectivity index (χ0v) is 14.6. The number of hydrogen-bond donors (Lipinski definition) is 2. The Kier molecular flexibility index (Phi) is 4.20. The summed E-state index contributed by atoms with van der Waals surface area (Å²) >= 11 is 3.45. The van der Waals surface area contributed by atoms with Crippen LogP contribution in [-0.4, -0.2) is 28.1 Å². The van der Waals surface area contributed by atoms with E-state index in [1.54, 1.807) is 18.3 Å². The van der Waals surface area contributed by atoms with E-state index >= 15 is 0 Å². The monoisotopic (exact) mass is 404 g/mol. The molecule has 2 aromatic heterocycles. The lowest BCUT2D eigenvalue weighted by atomic mass is 10.1. The van der Waals surface area contributed by atoms with Crippen LogP contribution in [0.4, 0.5) is 21.8 Å². The summed E-state index contributed by atoms with van der Waals surface area (Å²) in [5.74, 6) is 5.75. The van der Waals surface area contributed by atoms with E-state index in [1.807, 2.05) is 11.0 Å². The van der Waals surface area contributed by atoms with Gasteiger partial charge in [-0.25, -0.2) is 20.2 Å². The normalized spacial score (nSPS) is 14.3. The number of nitrogens with two attached hydrogens (primary N) is 1. The molecule has 0 amide bonds. The number of halogens is 2. The zero-order chi connectivity index (χ0) is 17.4. The van der Waals surface area contributed by atoms with Crippen LogP contribution >= 0.6 is 15.9 Å². The first-order valence-electron chi connectivity index (χ1n) is 7.60. The van der Waals surface area contributed by atoms with E-state index in [4.69, 9.17) is 10.6 Å². The number of nitrogens with zero attached hydrogens (tertiary/aromatic N) is 4. The summed E-state index contributed by atoms with van der Waals surface area (Å²) in [6.07, 6.45) is 1.68. The molecule has 0 saturated carbocycles. The van der Waals surface area contributed by atoms with Crippen molar-refractivity contribution >= 4 is 44.3 Å². The number of aromatic nitrogens is 3. The van der Waals surface area contributed by atoms with Gasteiger partial charge in [-0.05, 0) is 34.1 Å². The maximum Gasteiger partial charge on any atom is 0.239 e. The first-order valence-corrected chi connectivity index (χ1v) is 8.40. The number of ether oxygens (including phenoxy) is 1. The van der Waals surface area contributed by atoms with E-state index in [0.717, 1.165) is 11.3 Å². The van der Waals surface area contributed by atoms with Crippen LogP contribution in [-0.2, 0) is 11.3 Å². The first kappa shape index (κ1) is 16.1. The number of fused-ring (bicyclic) bond motifs is 2. The number of anilines is 3. The molecule has 128 valence electrons. The Hall–Kier alpha value is -2.36. The van der Waals surface area contributed by atoms with E-state index in [9.17, 15) is 4.39 Å². The number of rotatable bonds is 2. The predicted molar refractivity (Wildman–Crippen MR) is 95.9 cm³/mol. The highest BCUT2D eigenvalue weighted by atomic mass is 79.9. The lowest BCUT2D eigenvalue weighted by molar-refractivity contribution is 0.132. The number of hydrazine groups is 1. The van der Waals surface area contributed by atoms with Crippen LogP contribution in [0.3, 0.4) is 0 Å². The van der Waals surface area contributed by atoms with Crippen molar-refractivity contribution in [2.45, 2.75) is 6.61 Å². The number of nitrogen functional groups attached to an aromatic ring is 1. The molecule has 0 radical (unpaired) electrons. The third-order valence-electron chi connectivity index (χ3n) is 4.01. The van der Waals surface area contributed by atoms with Crippen molar-refractivity contribution in [3.05, 3.63) is 46.4 Å². The number of hydrogen-bond acceptors (Lipinski definition) is 7. The molecule has 0 aliphatic carbocycles. The average Bonchev–Trinajstić information content (AvgIpc) is 2.84. The fourth-order valence-electron chi connectivity index (χ4n) is 2.90. The standard InChI is InChI=1S/C16H14BrFN6O/c17-14-9-8-25-7-6-24(12(9)4-5-20-14)15-13-10(18)2-1-3-11(13)21-16(22-15)23-19/h1-5H,6-8,19H2,(H,21,22,23). The van der Waals surface area contributed by atoms with Crippen LogP contribution in [0.15, 0.2) is 35.1 Å². The van der Waals surface area contributed by atoms with Gasteiger partial charge in [0.1, 0.15) is 16.2 Å². The first-order chi connectivity index (χ1) is 12.2. The molecule has 1 aliphatic heterocycles. The third kappa shape index (κ3) is 2.80. The molecule has 0 atom stereocenters. The zero-order valence-electron chi connectivity index (χ0n) is 13.0. The Morgan fingerprint density at radius 3 is 3.00 bits per heavy atom. The molecule has 0 unspecified atom stereocenters. The van der Waals surface area contributed by atoms with Crippen LogP contribution in [0.5, 0.6) is 0 Å². The van der Waals surface area contributed by atoms with Crippen molar-refractivity contribution < 1.29 is 9.13 Å². The smallest absolute Gasteiger partial charge is 0.239 e. The van der Waals surface area contributed by atoms with E-state index in [1.165, 1.54) is 6.07 Å². The van der Waals surface area contributed by atoms with Crippen molar-refractivity contribution in [3.63, 3.8) is 0 Å². The molecule has 1 aliphatic rings. The SMILES string of the molecule is NNc1nc(N2CCOCc3c2ccnc3Br)c2c(F)cccc2n1. The fourth-order valence-corrected chi connectivity index (χ4v) is 3.33. The average molecular weight is 405 g/mol. The van der Waals surface area contributed by atoms with Crippen molar-refractivity contribution in [3.8, 4) is 0 Å². The molecule has 0 bridgehead atoms. The minimum Gasteiger partial charge on any atom is -0.375 e. The molecule has 25 heavy (non-hydrogen) atoms. The van der Waals surface area contributed by atoms with Gasteiger partial charge in [0.25, 0.3) is 0 Å². The number of benzene rings is 1. The molecule has 3 aromatic rings. The second kappa shape index (κ2) is 6.51. The highest BCUT2D eigenvalue weighted by Gasteiger charge is 2.24. The molecule has 0 fully saturated rings. The second-order valence-corrected chi connectivity index (χ2v) is 6.20. The van der Waals surface area contributed by atoms with E-state index in [-0.39, 0.29) is 5.95 Å². The van der Waals surface area contributed by atoms with Gasteiger partial charge in [-0.3, -0.25) is 5.43 Å². The minimum absolute atomic E-state index is 0.216. The number of pyridine rings is 1. The minimum atomic E-state index is -0.393. The second-order valence-electron chi connectivity index (χ2n) is 5.45. The lowest BCUT2D eigenvalue weighted by Gasteiger charge is -2.25. The lowest BCUT2D eigenvalue weighted by Crippen LogP contribution is -2.23. The van der Waals surface area contributed by atoms with Crippen molar-refractivity contribution in [1.29, 1.82) is 0 Å². The predicted octanol–water partition coefficient (Wildman–Crippen LogP) is 2.88. The van der Waals surface area contributed by atoms with Crippen molar-refractivity contribution in [2.24, 2.45) is 5.84 Å². The quantitative estimate of drug-likeness (QED) is 0.385. The Morgan fingerprint density at radius 1 is 1.28 bits per heavy atom. The molecule has 9 heteroatoms. The molecule has 3 heterocycles. The van der Waals surface area contributed by atoms with Gasteiger partial charge in [-0.15, -0.1) is 0 Å². The van der Waals surface area contributed by atoms with E-state index < -0.39 is 5.82 Å². The molecule has 0 spiro atoms. The molecule has 4 rings (SSSR count). The van der Waals surface area contributed by atoms with Crippen LogP contribution in [0.2, 0.25) is 0 Å². The van der Waals surface area contributed by atoms with E-state index in [0.29, 0.717) is 41.1 Å². The highest BCUT2D eigenvalue weighted by molar-refractivity contribution is 9.10. The maximum atomic E-state index is 14.6. The van der Waals surface area contributed by atoms with Crippen molar-refractivity contribution in [1.82, 2.24) is 15.0 Å². The topological polar surface area (TPSA) is 89.2 Å². The van der Waals surface area contributed by atoms with Crippen LogP contribution < -0.4 is 16.2 Å². The number of nitrogens with one attached hydrogen (secondary N) is 1. The summed E-state index contributed by atoms with van der Waals surface area (Å²) in [5.41, 5.74) is 4.65. The van der Waals surface area contributed by atoms with Gasteiger partial charge < -0.3 is 9.64 Å². The summed E-state index contributed by atoms with van der Waals surface area (Å²) in [5, 5.41) is 0.335. The summed E-state index contributed by atoms with van der Waals surface area (Å²) in [6, 6.07) is 6.58. The highest BCUT2D eigenvalue weighted by Crippen LogP contribution is 2.37.